The van der Waals surface area contributed by atoms with Gasteiger partial charge in [0.15, 0.2) is 0 Å². The van der Waals surface area contributed by atoms with Crippen LogP contribution in [0.3, 0.4) is 0 Å². The SMILES string of the molecule is COc1cc(O)ccc1CC(N)C(=O)N1Cc2ccccc2CC1C(=O)NC(Cc1ccccc1)C(=O)NC(CCCCNC(=O)c1ccc(F)cc1)C(=O)O. The maximum absolute atomic E-state index is 14.2. The summed E-state index contributed by atoms with van der Waals surface area (Å²) in [4.78, 5) is 68.1. The first kappa shape index (κ1) is 40.9. The van der Waals surface area contributed by atoms with Crippen LogP contribution in [0.4, 0.5) is 4.39 Å². The van der Waals surface area contributed by atoms with E-state index in [0.29, 0.717) is 29.7 Å². The predicted molar refractivity (Wildman–Crippen MR) is 205 cm³/mol. The number of halogens is 1. The van der Waals surface area contributed by atoms with E-state index < -0.39 is 59.6 Å². The van der Waals surface area contributed by atoms with Gasteiger partial charge in [-0.1, -0.05) is 60.7 Å². The largest absolute Gasteiger partial charge is 0.508 e. The Hall–Kier alpha value is -6.28. The first-order valence-electron chi connectivity index (χ1n) is 18.3. The van der Waals surface area contributed by atoms with Crippen molar-refractivity contribution in [3.63, 3.8) is 0 Å². The van der Waals surface area contributed by atoms with E-state index in [9.17, 15) is 38.6 Å². The predicted octanol–water partition coefficient (Wildman–Crippen LogP) is 3.26. The Labute approximate surface area is 324 Å². The van der Waals surface area contributed by atoms with E-state index in [1.807, 2.05) is 24.3 Å². The molecular weight excluding hydrogens is 721 g/mol. The van der Waals surface area contributed by atoms with Gasteiger partial charge >= 0.3 is 5.97 Å². The van der Waals surface area contributed by atoms with E-state index in [-0.39, 0.29) is 50.1 Å². The zero-order valence-electron chi connectivity index (χ0n) is 31.0. The first-order valence-corrected chi connectivity index (χ1v) is 18.3. The van der Waals surface area contributed by atoms with Crippen molar-refractivity contribution in [3.8, 4) is 11.5 Å². The number of phenols is 1. The molecule has 0 bridgehead atoms. The van der Waals surface area contributed by atoms with Crippen LogP contribution < -0.4 is 26.4 Å². The monoisotopic (exact) mass is 767 g/mol. The number of nitrogens with two attached hydrogens (primary N) is 1. The second kappa shape index (κ2) is 19.4. The minimum absolute atomic E-state index is 0.0105. The van der Waals surface area contributed by atoms with Crippen molar-refractivity contribution in [3.05, 3.63) is 131 Å². The molecule has 0 aromatic heterocycles. The third-order valence-electron chi connectivity index (χ3n) is 9.70. The lowest BCUT2D eigenvalue weighted by Crippen LogP contribution is -2.60. The van der Waals surface area contributed by atoms with E-state index in [1.54, 1.807) is 36.4 Å². The number of nitrogens with one attached hydrogen (secondary N) is 3. The van der Waals surface area contributed by atoms with Gasteiger partial charge in [0, 0.05) is 44.0 Å². The molecule has 1 aliphatic rings. The molecule has 5 rings (SSSR count). The lowest BCUT2D eigenvalue weighted by molar-refractivity contribution is -0.144. The fourth-order valence-corrected chi connectivity index (χ4v) is 6.66. The number of fused-ring (bicyclic) bond motifs is 1. The molecule has 0 spiro atoms. The molecule has 0 aliphatic carbocycles. The van der Waals surface area contributed by atoms with Crippen LogP contribution in [-0.4, -0.2) is 82.5 Å². The Morgan fingerprint density at radius 1 is 0.875 bits per heavy atom. The number of nitrogens with zero attached hydrogens (tertiary/aromatic N) is 1. The highest BCUT2D eigenvalue weighted by atomic mass is 19.1. The van der Waals surface area contributed by atoms with Crippen LogP contribution in [0.2, 0.25) is 0 Å². The van der Waals surface area contributed by atoms with Gasteiger partial charge in [-0.15, -0.1) is 0 Å². The minimum atomic E-state index is -1.29. The molecule has 14 heteroatoms. The lowest BCUT2D eigenvalue weighted by Gasteiger charge is -2.38. The highest BCUT2D eigenvalue weighted by Gasteiger charge is 2.38. The summed E-state index contributed by atoms with van der Waals surface area (Å²) in [5.74, 6) is -3.61. The molecule has 4 aromatic rings. The summed E-state index contributed by atoms with van der Waals surface area (Å²) in [5, 5.41) is 28.0. The Morgan fingerprint density at radius 3 is 2.27 bits per heavy atom. The average molecular weight is 768 g/mol. The number of carbonyl (C=O) groups is 5. The second-order valence-corrected chi connectivity index (χ2v) is 13.7. The number of benzene rings is 4. The maximum atomic E-state index is 14.2. The summed E-state index contributed by atoms with van der Waals surface area (Å²) in [5.41, 5.74) is 9.76. The molecule has 56 heavy (non-hydrogen) atoms. The quantitative estimate of drug-likeness (QED) is 0.0873. The molecule has 0 saturated heterocycles. The molecule has 294 valence electrons. The van der Waals surface area contributed by atoms with Crippen LogP contribution in [0.25, 0.3) is 0 Å². The van der Waals surface area contributed by atoms with Crippen molar-refractivity contribution in [2.24, 2.45) is 5.73 Å². The molecule has 13 nitrogen and oxygen atoms in total. The number of methoxy groups -OCH3 is 1. The van der Waals surface area contributed by atoms with Crippen molar-refractivity contribution in [1.82, 2.24) is 20.9 Å². The lowest BCUT2D eigenvalue weighted by atomic mass is 9.92. The van der Waals surface area contributed by atoms with Crippen LogP contribution in [0.5, 0.6) is 11.5 Å². The number of aromatic hydroxyl groups is 1. The zero-order chi connectivity index (χ0) is 40.2. The number of phenolic OH excluding ortho intramolecular Hbond substituents is 1. The highest BCUT2D eigenvalue weighted by Crippen LogP contribution is 2.28. The number of carboxylic acids is 1. The maximum Gasteiger partial charge on any atom is 0.326 e. The number of ether oxygens (including phenoxy) is 1. The molecular formula is C42H46FN5O8. The van der Waals surface area contributed by atoms with Crippen LogP contribution >= 0.6 is 0 Å². The summed E-state index contributed by atoms with van der Waals surface area (Å²) < 4.78 is 18.6. The number of aliphatic carboxylic acids is 1. The summed E-state index contributed by atoms with van der Waals surface area (Å²) in [6, 6.07) is 21.3. The van der Waals surface area contributed by atoms with Gasteiger partial charge < -0.3 is 41.5 Å². The van der Waals surface area contributed by atoms with Crippen LogP contribution in [-0.2, 0) is 45.0 Å². The van der Waals surface area contributed by atoms with Gasteiger partial charge in [0.2, 0.25) is 17.7 Å². The molecule has 4 unspecified atom stereocenters. The third-order valence-corrected chi connectivity index (χ3v) is 9.70. The summed E-state index contributed by atoms with van der Waals surface area (Å²) >= 11 is 0. The number of unbranched alkanes of at least 4 members (excludes halogenated alkanes) is 1. The van der Waals surface area contributed by atoms with Crippen LogP contribution in [0, 0.1) is 5.82 Å². The van der Waals surface area contributed by atoms with Gasteiger partial charge in [0.25, 0.3) is 5.91 Å². The molecule has 1 aliphatic heterocycles. The van der Waals surface area contributed by atoms with Gasteiger partial charge in [0.05, 0.1) is 13.2 Å². The molecule has 4 atom stereocenters. The number of rotatable bonds is 17. The summed E-state index contributed by atoms with van der Waals surface area (Å²) in [6.07, 6.45) is 1.04. The number of hydrogen-bond acceptors (Lipinski definition) is 8. The summed E-state index contributed by atoms with van der Waals surface area (Å²) in [6.45, 7) is 0.323. The second-order valence-electron chi connectivity index (χ2n) is 13.7. The van der Waals surface area contributed by atoms with Crippen LogP contribution in [0.15, 0.2) is 97.1 Å². The van der Waals surface area contributed by atoms with Gasteiger partial charge in [-0.3, -0.25) is 19.2 Å². The molecule has 4 aromatic carbocycles. The van der Waals surface area contributed by atoms with E-state index in [0.717, 1.165) is 11.1 Å². The van der Waals surface area contributed by atoms with Crippen molar-refractivity contribution in [1.29, 1.82) is 0 Å². The highest BCUT2D eigenvalue weighted by molar-refractivity contribution is 5.95. The van der Waals surface area contributed by atoms with Crippen molar-refractivity contribution < 1.29 is 43.3 Å². The van der Waals surface area contributed by atoms with E-state index in [4.69, 9.17) is 10.5 Å². The Balaban J connectivity index is 1.28. The summed E-state index contributed by atoms with van der Waals surface area (Å²) in [7, 11) is 1.44. The Kier molecular flexibility index (Phi) is 14.1. The topological polar surface area (TPSA) is 200 Å². The smallest absolute Gasteiger partial charge is 0.326 e. The van der Waals surface area contributed by atoms with Crippen molar-refractivity contribution >= 4 is 29.6 Å². The third kappa shape index (κ3) is 10.9. The molecule has 0 fully saturated rings. The zero-order valence-corrected chi connectivity index (χ0v) is 31.0. The van der Waals surface area contributed by atoms with Gasteiger partial charge in [-0.25, -0.2) is 9.18 Å². The van der Waals surface area contributed by atoms with Crippen LogP contribution in [0.1, 0.15) is 51.9 Å². The van der Waals surface area contributed by atoms with Crippen molar-refractivity contribution in [2.45, 2.75) is 69.2 Å². The molecule has 0 saturated carbocycles. The number of carboxylic acid groups (broad SMARTS) is 1. The standard InChI is InChI=1S/C42H46FN5O8/c1-56-37-24-32(49)19-16-29(37)22-33(44)41(53)48-25-30-12-6-5-11-28(30)23-36(48)40(52)47-35(21-26-9-3-2-4-10-26)39(51)46-34(42(54)55)13-7-8-20-45-38(50)27-14-17-31(43)18-15-27/h2-6,9-12,14-19,24,33-36,49H,7-8,13,20-23,25,44H2,1H3,(H,45,50)(H,46,51)(H,47,52)(H,54,55). The molecule has 0 radical (unpaired) electrons. The molecule has 1 heterocycles. The number of hydrogen-bond donors (Lipinski definition) is 6. The van der Waals surface area contributed by atoms with Gasteiger partial charge in [0.1, 0.15) is 35.4 Å². The fraction of sp³-hybridized carbons (Fsp3) is 0.310. The minimum Gasteiger partial charge on any atom is -0.508 e. The van der Waals surface area contributed by atoms with E-state index >= 15 is 0 Å². The van der Waals surface area contributed by atoms with Gasteiger partial charge in [-0.2, -0.15) is 0 Å². The number of amides is 4. The van der Waals surface area contributed by atoms with Gasteiger partial charge in [-0.05, 0) is 71.8 Å². The Bertz CT molecular complexity index is 2010. The molecule has 7 N–H and O–H groups in total. The molecule has 4 amide bonds. The van der Waals surface area contributed by atoms with E-state index in [2.05, 4.69) is 16.0 Å². The normalized spacial score (nSPS) is 15.1. The number of carbonyl (C=O) groups excluding carboxylic acids is 4. The first-order chi connectivity index (χ1) is 26.9. The van der Waals surface area contributed by atoms with Crippen molar-refractivity contribution in [2.75, 3.05) is 13.7 Å². The van der Waals surface area contributed by atoms with E-state index in [1.165, 1.54) is 48.4 Å². The Morgan fingerprint density at radius 2 is 1.57 bits per heavy atom. The fourth-order valence-electron chi connectivity index (χ4n) is 6.66. The average Bonchev–Trinajstić information content (AvgIpc) is 3.20.